The number of rotatable bonds is 13. The Bertz CT molecular complexity index is 526. The Hall–Kier alpha value is -0.740. The Morgan fingerprint density at radius 1 is 1.07 bits per heavy atom. The van der Waals surface area contributed by atoms with Crippen LogP contribution in [0.2, 0.25) is 0 Å². The molecule has 0 aromatic heterocycles. The molecule has 2 bridgehead atoms. The molecule has 0 aromatic rings. The number of unbranched alkanes of at least 4 members (excludes halogenated alkanes) is 2. The van der Waals surface area contributed by atoms with E-state index in [1.807, 2.05) is 0 Å². The normalized spacial score (nSPS) is 28.1. The molecule has 0 amide bonds. The summed E-state index contributed by atoms with van der Waals surface area (Å²) >= 11 is 2.09. The minimum Gasteiger partial charge on any atom is -0.481 e. The number of fused-ring (bicyclic) bond motifs is 2. The Morgan fingerprint density at radius 2 is 1.81 bits per heavy atom. The van der Waals surface area contributed by atoms with Gasteiger partial charge in [-0.25, -0.2) is 0 Å². The molecular weight excluding hydrogens is 356 g/mol. The van der Waals surface area contributed by atoms with E-state index in [1.165, 1.54) is 37.9 Å². The molecule has 0 unspecified atom stereocenters. The summed E-state index contributed by atoms with van der Waals surface area (Å²) in [4.78, 5) is 10.6. The van der Waals surface area contributed by atoms with E-state index >= 15 is 0 Å². The maximum atomic E-state index is 10.6. The van der Waals surface area contributed by atoms with Crippen molar-refractivity contribution < 1.29 is 14.6 Å². The quantitative estimate of drug-likeness (QED) is 0.297. The van der Waals surface area contributed by atoms with Crippen molar-refractivity contribution in [3.8, 4) is 0 Å². The van der Waals surface area contributed by atoms with E-state index in [2.05, 4.69) is 44.7 Å². The fraction of sp³-hybridized carbons (Fsp3) is 0.783. The van der Waals surface area contributed by atoms with Crippen LogP contribution in [-0.4, -0.2) is 34.8 Å². The minimum absolute atomic E-state index is 0.269. The molecule has 0 aliphatic carbocycles. The van der Waals surface area contributed by atoms with Crippen LogP contribution in [-0.2, 0) is 9.53 Å². The van der Waals surface area contributed by atoms with Crippen LogP contribution in [0.15, 0.2) is 23.3 Å². The van der Waals surface area contributed by atoms with E-state index in [1.54, 1.807) is 11.1 Å². The molecule has 154 valence electrons. The summed E-state index contributed by atoms with van der Waals surface area (Å²) in [7, 11) is 0. The SMILES string of the molecule is CCCCC(C)=C(C)CSC[C@H]1[C@@H](C/C=C\CCCC(=O)O)[C@H]2CC[C@@H]1O2. The van der Waals surface area contributed by atoms with Crippen molar-refractivity contribution in [3.63, 3.8) is 0 Å². The molecule has 0 aromatic carbocycles. The van der Waals surface area contributed by atoms with Crippen molar-refractivity contribution in [2.75, 3.05) is 11.5 Å². The first-order valence-electron chi connectivity index (χ1n) is 10.8. The lowest BCUT2D eigenvalue weighted by Crippen LogP contribution is -2.28. The molecule has 0 radical (unpaired) electrons. The van der Waals surface area contributed by atoms with Crippen molar-refractivity contribution in [2.24, 2.45) is 11.8 Å². The second-order valence-corrected chi connectivity index (χ2v) is 9.32. The number of thioether (sulfide) groups is 1. The fourth-order valence-corrected chi connectivity index (χ4v) is 5.70. The van der Waals surface area contributed by atoms with Gasteiger partial charge in [-0.15, -0.1) is 0 Å². The minimum atomic E-state index is -0.698. The molecule has 27 heavy (non-hydrogen) atoms. The van der Waals surface area contributed by atoms with Crippen LogP contribution in [0, 0.1) is 11.8 Å². The lowest BCUT2D eigenvalue weighted by molar-refractivity contribution is -0.137. The van der Waals surface area contributed by atoms with Crippen LogP contribution in [0.5, 0.6) is 0 Å². The molecule has 2 aliphatic rings. The summed E-state index contributed by atoms with van der Waals surface area (Å²) in [5.74, 6) is 2.99. The highest BCUT2D eigenvalue weighted by molar-refractivity contribution is 7.99. The number of ether oxygens (including phenoxy) is 1. The summed E-state index contributed by atoms with van der Waals surface area (Å²) < 4.78 is 6.23. The third kappa shape index (κ3) is 7.30. The van der Waals surface area contributed by atoms with Crippen LogP contribution in [0.25, 0.3) is 0 Å². The number of allylic oxidation sites excluding steroid dienone is 3. The zero-order chi connectivity index (χ0) is 19.6. The molecular formula is C23H38O3S. The van der Waals surface area contributed by atoms with Crippen molar-refractivity contribution in [1.29, 1.82) is 0 Å². The van der Waals surface area contributed by atoms with E-state index in [4.69, 9.17) is 9.84 Å². The molecule has 0 spiro atoms. The van der Waals surface area contributed by atoms with E-state index in [0.29, 0.717) is 24.0 Å². The van der Waals surface area contributed by atoms with Gasteiger partial charge in [0.1, 0.15) is 0 Å². The van der Waals surface area contributed by atoms with Crippen LogP contribution in [0.3, 0.4) is 0 Å². The van der Waals surface area contributed by atoms with Crippen molar-refractivity contribution in [1.82, 2.24) is 0 Å². The van der Waals surface area contributed by atoms with Crippen LogP contribution < -0.4 is 0 Å². The van der Waals surface area contributed by atoms with Crippen molar-refractivity contribution >= 4 is 17.7 Å². The highest BCUT2D eigenvalue weighted by Crippen LogP contribution is 2.46. The maximum Gasteiger partial charge on any atom is 0.303 e. The molecule has 4 heteroatoms. The third-order valence-corrected chi connectivity index (χ3v) is 7.45. The van der Waals surface area contributed by atoms with Gasteiger partial charge in [0.2, 0.25) is 0 Å². The van der Waals surface area contributed by atoms with Crippen molar-refractivity contribution in [3.05, 3.63) is 23.3 Å². The summed E-state index contributed by atoms with van der Waals surface area (Å²) in [5, 5.41) is 8.70. The number of hydrogen-bond acceptors (Lipinski definition) is 3. The van der Waals surface area contributed by atoms with E-state index in [9.17, 15) is 4.79 Å². The van der Waals surface area contributed by atoms with E-state index in [-0.39, 0.29) is 6.42 Å². The van der Waals surface area contributed by atoms with Gasteiger partial charge in [0.05, 0.1) is 12.2 Å². The Labute approximate surface area is 170 Å². The highest BCUT2D eigenvalue weighted by atomic mass is 32.2. The molecule has 1 N–H and O–H groups in total. The fourth-order valence-electron chi connectivity index (χ4n) is 4.30. The highest BCUT2D eigenvalue weighted by Gasteiger charge is 2.47. The predicted molar refractivity (Wildman–Crippen MR) is 115 cm³/mol. The Kier molecular flexibility index (Phi) is 9.99. The van der Waals surface area contributed by atoms with Gasteiger partial charge in [-0.3, -0.25) is 4.79 Å². The maximum absolute atomic E-state index is 10.6. The lowest BCUT2D eigenvalue weighted by Gasteiger charge is -2.27. The number of hydrogen-bond donors (Lipinski definition) is 1. The van der Waals surface area contributed by atoms with Gasteiger partial charge >= 0.3 is 5.97 Å². The summed E-state index contributed by atoms with van der Waals surface area (Å²) in [6, 6.07) is 0. The molecule has 0 saturated carbocycles. The van der Waals surface area contributed by atoms with Crippen LogP contribution in [0.1, 0.15) is 78.6 Å². The number of carboxylic acids is 1. The van der Waals surface area contributed by atoms with Crippen LogP contribution >= 0.6 is 11.8 Å². The van der Waals surface area contributed by atoms with Crippen LogP contribution in [0.4, 0.5) is 0 Å². The third-order valence-electron chi connectivity index (χ3n) is 6.19. The van der Waals surface area contributed by atoms with Gasteiger partial charge in [-0.2, -0.15) is 11.8 Å². The van der Waals surface area contributed by atoms with Gasteiger partial charge in [-0.1, -0.05) is 36.6 Å². The zero-order valence-corrected chi connectivity index (χ0v) is 18.2. The number of carbonyl (C=O) groups is 1. The molecule has 2 fully saturated rings. The predicted octanol–water partition coefficient (Wildman–Crippen LogP) is 6.24. The molecule has 3 nitrogen and oxygen atoms in total. The smallest absolute Gasteiger partial charge is 0.303 e. The standard InChI is InChI=1S/C23H38O3S/c1-4-5-10-17(2)18(3)15-27-16-20-19(21-13-14-22(20)26-21)11-8-6-7-9-12-23(24)25/h6,8,19-22H,4-5,7,9-16H2,1-3H3,(H,24,25)/b8-6-,18-17?/t19-,20+,21-,22+/m1/s1. The topological polar surface area (TPSA) is 46.5 Å². The van der Waals surface area contributed by atoms with E-state index in [0.717, 1.165) is 25.0 Å². The summed E-state index contributed by atoms with van der Waals surface area (Å²) in [6.45, 7) is 6.85. The molecule has 2 rings (SSSR count). The Morgan fingerprint density at radius 3 is 2.52 bits per heavy atom. The molecule has 2 saturated heterocycles. The first-order valence-corrected chi connectivity index (χ1v) is 11.9. The molecule has 2 aliphatic heterocycles. The second kappa shape index (κ2) is 12.0. The van der Waals surface area contributed by atoms with Crippen molar-refractivity contribution in [2.45, 2.75) is 90.8 Å². The molecule has 2 heterocycles. The summed E-state index contributed by atoms with van der Waals surface area (Å²) in [5.41, 5.74) is 3.14. The number of carboxylic acid groups (broad SMARTS) is 1. The largest absolute Gasteiger partial charge is 0.481 e. The first-order chi connectivity index (χ1) is 13.0. The van der Waals surface area contributed by atoms with Gasteiger partial charge < -0.3 is 9.84 Å². The van der Waals surface area contributed by atoms with Gasteiger partial charge in [0.15, 0.2) is 0 Å². The summed E-state index contributed by atoms with van der Waals surface area (Å²) in [6.07, 6.45) is 14.6. The Balaban J connectivity index is 1.75. The molecule has 4 atom stereocenters. The van der Waals surface area contributed by atoms with Gasteiger partial charge in [0.25, 0.3) is 0 Å². The second-order valence-electron chi connectivity index (χ2n) is 8.29. The number of aliphatic carboxylic acids is 1. The average molecular weight is 395 g/mol. The zero-order valence-electron chi connectivity index (χ0n) is 17.4. The average Bonchev–Trinajstić information content (AvgIpc) is 3.24. The van der Waals surface area contributed by atoms with Gasteiger partial charge in [-0.05, 0) is 76.4 Å². The lowest BCUT2D eigenvalue weighted by atomic mass is 9.78. The monoisotopic (exact) mass is 394 g/mol. The van der Waals surface area contributed by atoms with Gasteiger partial charge in [0, 0.05) is 12.2 Å². The van der Waals surface area contributed by atoms with E-state index < -0.39 is 5.97 Å². The first kappa shape index (κ1) is 22.5.